The number of rotatable bonds is 9. The number of carbonyl (C=O) groups excluding carboxylic acids is 2. The Balaban J connectivity index is 1.55. The number of likely N-dealkylation sites (tertiary alicyclic amines) is 1. The number of nitrogens with one attached hydrogen (secondary N) is 2. The van der Waals surface area contributed by atoms with Crippen molar-refractivity contribution in [1.82, 2.24) is 25.2 Å². The molecule has 9 nitrogen and oxygen atoms in total. The summed E-state index contributed by atoms with van der Waals surface area (Å²) >= 11 is 0. The molecule has 4 unspecified atom stereocenters. The van der Waals surface area contributed by atoms with E-state index in [0.29, 0.717) is 23.7 Å². The van der Waals surface area contributed by atoms with E-state index in [1.165, 1.54) is 6.33 Å². The highest BCUT2D eigenvalue weighted by molar-refractivity contribution is 6.09. The summed E-state index contributed by atoms with van der Waals surface area (Å²) in [6.45, 7) is 12.4. The highest BCUT2D eigenvalue weighted by atomic mass is 16.3. The van der Waals surface area contributed by atoms with Crippen LogP contribution in [0.5, 0.6) is 0 Å². The van der Waals surface area contributed by atoms with Crippen LogP contribution in [0.15, 0.2) is 61.3 Å². The van der Waals surface area contributed by atoms with Crippen LogP contribution in [-0.4, -0.2) is 67.5 Å². The molecule has 2 aromatic heterocycles. The Hall–Kier alpha value is -3.56. The number of aliphatic hydroxyl groups excluding tert-OH is 1. The molecule has 2 aliphatic rings. The average molecular weight is 615 g/mol. The van der Waals surface area contributed by atoms with Crippen LogP contribution in [0.25, 0.3) is 0 Å². The summed E-state index contributed by atoms with van der Waals surface area (Å²) < 4.78 is 0. The molecule has 9 heteroatoms. The van der Waals surface area contributed by atoms with Gasteiger partial charge in [-0.1, -0.05) is 65.7 Å². The molecule has 1 saturated heterocycles. The zero-order valence-electron chi connectivity index (χ0n) is 27.5. The van der Waals surface area contributed by atoms with Gasteiger partial charge in [0, 0.05) is 42.4 Å². The van der Waals surface area contributed by atoms with Gasteiger partial charge in [-0.05, 0) is 73.7 Å². The van der Waals surface area contributed by atoms with E-state index < -0.39 is 11.6 Å². The lowest BCUT2D eigenvalue weighted by Crippen LogP contribution is -2.63. The first-order valence-corrected chi connectivity index (χ1v) is 16.5. The number of hydrogen-bond donors (Lipinski definition) is 3. The van der Waals surface area contributed by atoms with Crippen LogP contribution in [0.1, 0.15) is 107 Å². The van der Waals surface area contributed by atoms with Crippen LogP contribution in [0.2, 0.25) is 0 Å². The number of nitrogens with zero attached hydrogens (tertiary/aromatic N) is 4. The van der Waals surface area contributed by atoms with E-state index >= 15 is 0 Å². The third-order valence-corrected chi connectivity index (χ3v) is 9.41. The number of aliphatic hydroxyl groups is 1. The van der Waals surface area contributed by atoms with Crippen molar-refractivity contribution < 1.29 is 14.7 Å². The molecular weight excluding hydrogens is 564 g/mol. The minimum absolute atomic E-state index is 0.0717. The molecule has 5 rings (SSSR count). The van der Waals surface area contributed by atoms with Crippen molar-refractivity contribution in [2.75, 3.05) is 18.0 Å². The molecule has 242 valence electrons. The Morgan fingerprint density at radius 3 is 2.51 bits per heavy atom. The second-order valence-electron chi connectivity index (χ2n) is 14.5. The van der Waals surface area contributed by atoms with E-state index in [1.807, 2.05) is 30.3 Å². The van der Waals surface area contributed by atoms with Crippen molar-refractivity contribution >= 4 is 17.5 Å². The highest BCUT2D eigenvalue weighted by Gasteiger charge is 2.44. The number of pyridine rings is 1. The molecule has 1 saturated carbocycles. The SMILES string of the molecule is CC(C)CC1(NC(=O)C(c2cccnc2)N(C(=O)c2c[nH]cn2)c2ccc(C(C)(C)C)cc2)CCCN(C2CCCCC2O)C1. The topological polar surface area (TPSA) is 114 Å². The predicted octanol–water partition coefficient (Wildman–Crippen LogP) is 5.79. The first-order valence-electron chi connectivity index (χ1n) is 16.5. The van der Waals surface area contributed by atoms with Crippen LogP contribution in [-0.2, 0) is 10.2 Å². The smallest absolute Gasteiger partial charge is 0.279 e. The molecule has 3 heterocycles. The van der Waals surface area contributed by atoms with Crippen molar-refractivity contribution in [2.45, 2.75) is 109 Å². The fraction of sp³-hybridized carbons (Fsp3) is 0.556. The second-order valence-corrected chi connectivity index (χ2v) is 14.5. The molecule has 1 aromatic carbocycles. The lowest BCUT2D eigenvalue weighted by atomic mass is 9.79. The average Bonchev–Trinajstić information content (AvgIpc) is 3.55. The van der Waals surface area contributed by atoms with E-state index in [1.54, 1.807) is 29.6 Å². The minimum Gasteiger partial charge on any atom is -0.391 e. The lowest BCUT2D eigenvalue weighted by Gasteiger charge is -2.49. The van der Waals surface area contributed by atoms with Gasteiger partial charge in [0.25, 0.3) is 5.91 Å². The number of amides is 2. The number of aromatic amines is 1. The fourth-order valence-corrected chi connectivity index (χ4v) is 7.36. The highest BCUT2D eigenvalue weighted by Crippen LogP contribution is 2.36. The number of benzene rings is 1. The summed E-state index contributed by atoms with van der Waals surface area (Å²) in [5.74, 6) is -0.291. The number of aromatic nitrogens is 3. The zero-order chi connectivity index (χ0) is 32.2. The Labute approximate surface area is 267 Å². The van der Waals surface area contributed by atoms with Gasteiger partial charge < -0.3 is 15.4 Å². The Kier molecular flexibility index (Phi) is 10.1. The van der Waals surface area contributed by atoms with Gasteiger partial charge >= 0.3 is 0 Å². The van der Waals surface area contributed by atoms with Crippen molar-refractivity contribution in [3.63, 3.8) is 0 Å². The van der Waals surface area contributed by atoms with Crippen molar-refractivity contribution in [3.8, 4) is 0 Å². The summed E-state index contributed by atoms with van der Waals surface area (Å²) in [5, 5.41) is 14.4. The van der Waals surface area contributed by atoms with Crippen LogP contribution in [0.4, 0.5) is 5.69 Å². The maximum absolute atomic E-state index is 14.8. The van der Waals surface area contributed by atoms with Gasteiger partial charge in [-0.25, -0.2) is 4.98 Å². The summed E-state index contributed by atoms with van der Waals surface area (Å²) in [5.41, 5.74) is 2.01. The van der Waals surface area contributed by atoms with Crippen LogP contribution in [0.3, 0.4) is 0 Å². The molecule has 0 spiro atoms. The monoisotopic (exact) mass is 614 g/mol. The molecule has 4 atom stereocenters. The molecule has 3 N–H and O–H groups in total. The second kappa shape index (κ2) is 13.8. The van der Waals surface area contributed by atoms with Gasteiger partial charge in [-0.2, -0.15) is 0 Å². The molecule has 2 fully saturated rings. The Bertz CT molecular complexity index is 1400. The summed E-state index contributed by atoms with van der Waals surface area (Å²) in [6.07, 6.45) is 12.6. The molecule has 45 heavy (non-hydrogen) atoms. The molecule has 2 amide bonds. The number of carbonyl (C=O) groups is 2. The number of imidazole rings is 1. The Morgan fingerprint density at radius 2 is 1.89 bits per heavy atom. The van der Waals surface area contributed by atoms with Crippen molar-refractivity contribution in [2.24, 2.45) is 5.92 Å². The normalized spacial score (nSPS) is 23.4. The minimum atomic E-state index is -0.983. The summed E-state index contributed by atoms with van der Waals surface area (Å²) in [4.78, 5) is 44.6. The van der Waals surface area contributed by atoms with Gasteiger partial charge in [-0.15, -0.1) is 0 Å². The van der Waals surface area contributed by atoms with E-state index in [9.17, 15) is 14.7 Å². The maximum Gasteiger partial charge on any atom is 0.279 e. The molecule has 1 aliphatic heterocycles. The number of piperidine rings is 1. The summed E-state index contributed by atoms with van der Waals surface area (Å²) in [6, 6.07) is 10.6. The molecule has 0 bridgehead atoms. The van der Waals surface area contributed by atoms with Gasteiger partial charge in [0.05, 0.1) is 18.0 Å². The van der Waals surface area contributed by atoms with Crippen molar-refractivity contribution in [3.05, 3.63) is 78.1 Å². The zero-order valence-corrected chi connectivity index (χ0v) is 27.5. The first kappa shape index (κ1) is 32.8. The fourth-order valence-electron chi connectivity index (χ4n) is 7.36. The third kappa shape index (κ3) is 7.64. The molecule has 3 aromatic rings. The van der Waals surface area contributed by atoms with Gasteiger partial charge in [-0.3, -0.25) is 24.4 Å². The molecule has 0 radical (unpaired) electrons. The van der Waals surface area contributed by atoms with E-state index in [0.717, 1.165) is 57.1 Å². The van der Waals surface area contributed by atoms with Crippen LogP contribution >= 0.6 is 0 Å². The number of anilines is 1. The number of hydrogen-bond acceptors (Lipinski definition) is 6. The summed E-state index contributed by atoms with van der Waals surface area (Å²) in [7, 11) is 0. The quantitative estimate of drug-likeness (QED) is 0.281. The van der Waals surface area contributed by atoms with Gasteiger partial charge in [0.2, 0.25) is 5.91 Å². The van der Waals surface area contributed by atoms with Crippen LogP contribution in [0, 0.1) is 5.92 Å². The molecule has 1 aliphatic carbocycles. The Morgan fingerprint density at radius 1 is 1.13 bits per heavy atom. The predicted molar refractivity (Wildman–Crippen MR) is 177 cm³/mol. The molecular formula is C36H50N6O3. The largest absolute Gasteiger partial charge is 0.391 e. The lowest BCUT2D eigenvalue weighted by molar-refractivity contribution is -0.126. The standard InChI is InChI=1S/C36H50N6O3/c1-25(2)20-36(17-9-19-41(23-36)30-11-6-7-12-31(30)43)40-33(44)32(26-10-8-18-37-21-26)42(34(45)29-22-38-24-39-29)28-15-13-27(14-16-28)35(3,4)5/h8,10,13-16,18,21-22,24-25,30-32,43H,6-7,9,11-12,17,19-20,23H2,1-5H3,(H,38,39)(H,40,44). The maximum atomic E-state index is 14.8. The van der Waals surface area contributed by atoms with E-state index in [-0.39, 0.29) is 35.1 Å². The van der Waals surface area contributed by atoms with E-state index in [2.05, 4.69) is 59.8 Å². The number of H-pyrrole nitrogens is 1. The van der Waals surface area contributed by atoms with Gasteiger partial charge in [0.15, 0.2) is 0 Å². The third-order valence-electron chi connectivity index (χ3n) is 9.41. The first-order chi connectivity index (χ1) is 21.5. The van der Waals surface area contributed by atoms with Crippen molar-refractivity contribution in [1.29, 1.82) is 0 Å². The van der Waals surface area contributed by atoms with Crippen LogP contribution < -0.4 is 10.2 Å². The van der Waals surface area contributed by atoms with Gasteiger partial charge in [0.1, 0.15) is 11.7 Å². The van der Waals surface area contributed by atoms with E-state index in [4.69, 9.17) is 0 Å².